The monoisotopic (exact) mass is 253 g/mol. The first-order chi connectivity index (χ1) is 8.20. The van der Waals surface area contributed by atoms with Crippen molar-refractivity contribution in [2.24, 2.45) is 5.73 Å². The first-order valence-electron chi connectivity index (χ1n) is 5.35. The highest BCUT2D eigenvalue weighted by molar-refractivity contribution is 6.30. The van der Waals surface area contributed by atoms with E-state index in [0.717, 1.165) is 12.0 Å². The molecule has 1 aromatic heterocycles. The molecule has 2 aromatic rings. The summed E-state index contributed by atoms with van der Waals surface area (Å²) in [6, 6.07) is 4.96. The molecule has 2 N–H and O–H groups in total. The van der Waals surface area contributed by atoms with Crippen molar-refractivity contribution in [3.05, 3.63) is 52.6 Å². The van der Waals surface area contributed by atoms with Crippen LogP contribution in [0, 0.1) is 5.82 Å². The number of rotatable bonds is 4. The fourth-order valence-corrected chi connectivity index (χ4v) is 1.83. The molecule has 17 heavy (non-hydrogen) atoms. The summed E-state index contributed by atoms with van der Waals surface area (Å²) < 4.78 is 15.3. The molecule has 1 aromatic carbocycles. The Bertz CT molecular complexity index is 510. The third-order valence-electron chi connectivity index (χ3n) is 2.48. The van der Waals surface area contributed by atoms with E-state index >= 15 is 0 Å². The van der Waals surface area contributed by atoms with Crippen LogP contribution in [0.1, 0.15) is 11.1 Å². The van der Waals surface area contributed by atoms with Crippen molar-refractivity contribution < 1.29 is 4.39 Å². The molecule has 0 radical (unpaired) electrons. The maximum atomic E-state index is 13.6. The molecule has 0 amide bonds. The second kappa shape index (κ2) is 5.29. The van der Waals surface area contributed by atoms with Gasteiger partial charge in [0.1, 0.15) is 5.82 Å². The van der Waals surface area contributed by atoms with Crippen molar-refractivity contribution in [2.75, 3.05) is 6.54 Å². The van der Waals surface area contributed by atoms with Crippen LogP contribution in [0.4, 0.5) is 4.39 Å². The number of hydrogen-bond acceptors (Lipinski definition) is 2. The van der Waals surface area contributed by atoms with Gasteiger partial charge in [-0.3, -0.25) is 4.68 Å². The quantitative estimate of drug-likeness (QED) is 0.908. The van der Waals surface area contributed by atoms with Crippen LogP contribution in [-0.2, 0) is 13.0 Å². The van der Waals surface area contributed by atoms with E-state index in [9.17, 15) is 4.39 Å². The molecule has 1 heterocycles. The van der Waals surface area contributed by atoms with Crippen molar-refractivity contribution in [3.8, 4) is 0 Å². The van der Waals surface area contributed by atoms with E-state index in [0.29, 0.717) is 18.7 Å². The largest absolute Gasteiger partial charge is 0.330 e. The van der Waals surface area contributed by atoms with Gasteiger partial charge in [-0.2, -0.15) is 5.10 Å². The van der Waals surface area contributed by atoms with Gasteiger partial charge < -0.3 is 5.73 Å². The number of halogens is 2. The molecule has 0 saturated carbocycles. The molecule has 0 bridgehead atoms. The summed E-state index contributed by atoms with van der Waals surface area (Å²) in [5.41, 5.74) is 7.03. The second-order valence-electron chi connectivity index (χ2n) is 3.80. The van der Waals surface area contributed by atoms with Crippen molar-refractivity contribution in [1.82, 2.24) is 9.78 Å². The van der Waals surface area contributed by atoms with E-state index in [4.69, 9.17) is 17.3 Å². The van der Waals surface area contributed by atoms with Crippen LogP contribution in [0.5, 0.6) is 0 Å². The zero-order valence-electron chi connectivity index (χ0n) is 9.24. The Morgan fingerprint density at radius 2 is 2.24 bits per heavy atom. The average Bonchev–Trinajstić information content (AvgIpc) is 2.73. The Morgan fingerprint density at radius 1 is 1.41 bits per heavy atom. The van der Waals surface area contributed by atoms with Crippen LogP contribution >= 0.6 is 11.6 Å². The molecule has 0 fully saturated rings. The third kappa shape index (κ3) is 2.84. The highest BCUT2D eigenvalue weighted by Crippen LogP contribution is 2.18. The van der Waals surface area contributed by atoms with Crippen LogP contribution in [-0.4, -0.2) is 16.3 Å². The first kappa shape index (κ1) is 12.1. The number of aromatic nitrogens is 2. The molecule has 0 aliphatic heterocycles. The second-order valence-corrected chi connectivity index (χ2v) is 4.20. The van der Waals surface area contributed by atoms with Crippen molar-refractivity contribution >= 4 is 11.6 Å². The Kier molecular flexibility index (Phi) is 3.76. The lowest BCUT2D eigenvalue weighted by atomic mass is 10.2. The summed E-state index contributed by atoms with van der Waals surface area (Å²) in [5, 5.41) is 4.29. The summed E-state index contributed by atoms with van der Waals surface area (Å²) in [5.74, 6) is -0.384. The topological polar surface area (TPSA) is 43.8 Å². The zero-order chi connectivity index (χ0) is 12.3. The molecule has 0 spiro atoms. The normalized spacial score (nSPS) is 10.8. The fourth-order valence-electron chi connectivity index (χ4n) is 1.63. The van der Waals surface area contributed by atoms with E-state index in [1.807, 2.05) is 6.20 Å². The third-order valence-corrected chi connectivity index (χ3v) is 2.78. The molecule has 0 unspecified atom stereocenters. The molecular formula is C12H13ClFN3. The lowest BCUT2D eigenvalue weighted by Crippen LogP contribution is -2.03. The van der Waals surface area contributed by atoms with Crippen LogP contribution in [0.3, 0.4) is 0 Å². The highest BCUT2D eigenvalue weighted by Gasteiger charge is 2.07. The molecule has 0 aliphatic rings. The van der Waals surface area contributed by atoms with Gasteiger partial charge in [0.25, 0.3) is 0 Å². The summed E-state index contributed by atoms with van der Waals surface area (Å²) in [4.78, 5) is 0. The van der Waals surface area contributed by atoms with Crippen LogP contribution in [0.25, 0.3) is 0 Å². The smallest absolute Gasteiger partial charge is 0.146 e. The SMILES string of the molecule is NCCc1cnn(Cc2cccc(Cl)c2F)c1. The summed E-state index contributed by atoms with van der Waals surface area (Å²) in [6.45, 7) is 0.953. The average molecular weight is 254 g/mol. The fraction of sp³-hybridized carbons (Fsp3) is 0.250. The molecule has 0 aliphatic carbocycles. The predicted molar refractivity (Wildman–Crippen MR) is 65.5 cm³/mol. The van der Waals surface area contributed by atoms with E-state index in [1.165, 1.54) is 6.07 Å². The standard InChI is InChI=1S/C12H13ClFN3/c13-11-3-1-2-10(12(11)14)8-17-7-9(4-5-15)6-16-17/h1-3,6-7H,4-5,8,15H2. The summed E-state index contributed by atoms with van der Waals surface area (Å²) in [7, 11) is 0. The van der Waals surface area contributed by atoms with E-state index in [-0.39, 0.29) is 10.8 Å². The Balaban J connectivity index is 2.16. The van der Waals surface area contributed by atoms with Gasteiger partial charge in [-0.25, -0.2) is 4.39 Å². The van der Waals surface area contributed by atoms with Crippen LogP contribution in [0.15, 0.2) is 30.6 Å². The number of hydrogen-bond donors (Lipinski definition) is 1. The minimum Gasteiger partial charge on any atom is -0.330 e. The van der Waals surface area contributed by atoms with Crippen molar-refractivity contribution in [3.63, 3.8) is 0 Å². The van der Waals surface area contributed by atoms with E-state index in [2.05, 4.69) is 5.10 Å². The van der Waals surface area contributed by atoms with Gasteiger partial charge in [0.15, 0.2) is 0 Å². The van der Waals surface area contributed by atoms with E-state index in [1.54, 1.807) is 23.0 Å². The lowest BCUT2D eigenvalue weighted by molar-refractivity contribution is 0.585. The minimum absolute atomic E-state index is 0.136. The van der Waals surface area contributed by atoms with Crippen LogP contribution in [0.2, 0.25) is 5.02 Å². The molecule has 3 nitrogen and oxygen atoms in total. The molecule has 0 atom stereocenters. The first-order valence-corrected chi connectivity index (χ1v) is 5.73. The van der Waals surface area contributed by atoms with Crippen LogP contribution < -0.4 is 5.73 Å². The maximum absolute atomic E-state index is 13.6. The number of nitrogens with zero attached hydrogens (tertiary/aromatic N) is 2. The Hall–Kier alpha value is -1.39. The zero-order valence-corrected chi connectivity index (χ0v) is 9.99. The molecule has 0 saturated heterocycles. The van der Waals surface area contributed by atoms with Gasteiger partial charge in [-0.15, -0.1) is 0 Å². The number of benzene rings is 1. The van der Waals surface area contributed by atoms with Crippen molar-refractivity contribution in [2.45, 2.75) is 13.0 Å². The highest BCUT2D eigenvalue weighted by atomic mass is 35.5. The van der Waals surface area contributed by atoms with Gasteiger partial charge in [-0.05, 0) is 24.6 Å². The van der Waals surface area contributed by atoms with Gasteiger partial charge in [0.05, 0.1) is 17.8 Å². The number of nitrogens with two attached hydrogens (primary N) is 1. The summed E-state index contributed by atoms with van der Waals surface area (Å²) in [6.07, 6.45) is 4.39. The van der Waals surface area contributed by atoms with E-state index < -0.39 is 0 Å². The lowest BCUT2D eigenvalue weighted by Gasteiger charge is -2.04. The van der Waals surface area contributed by atoms with Crippen molar-refractivity contribution in [1.29, 1.82) is 0 Å². The minimum atomic E-state index is -0.384. The maximum Gasteiger partial charge on any atom is 0.146 e. The van der Waals surface area contributed by atoms with Gasteiger partial charge in [0.2, 0.25) is 0 Å². The van der Waals surface area contributed by atoms with Gasteiger partial charge >= 0.3 is 0 Å². The predicted octanol–water partition coefficient (Wildman–Crippen LogP) is 2.23. The Morgan fingerprint density at radius 3 is 3.00 bits per heavy atom. The van der Waals surface area contributed by atoms with Gasteiger partial charge in [-0.1, -0.05) is 23.7 Å². The molecule has 5 heteroatoms. The summed E-state index contributed by atoms with van der Waals surface area (Å²) >= 11 is 5.71. The Labute approximate surface area is 104 Å². The van der Waals surface area contributed by atoms with Gasteiger partial charge in [0, 0.05) is 11.8 Å². The molecular weight excluding hydrogens is 241 g/mol. The molecule has 2 rings (SSSR count). The molecule has 90 valence electrons.